The fourth-order valence-corrected chi connectivity index (χ4v) is 2.10. The van der Waals surface area contributed by atoms with E-state index in [1.54, 1.807) is 7.11 Å². The van der Waals surface area contributed by atoms with Gasteiger partial charge in [0.15, 0.2) is 0 Å². The van der Waals surface area contributed by atoms with Crippen LogP contribution in [-0.2, 0) is 0 Å². The summed E-state index contributed by atoms with van der Waals surface area (Å²) in [6.45, 7) is 3.86. The van der Waals surface area contributed by atoms with Gasteiger partial charge in [0.25, 0.3) is 5.91 Å². The molecular weight excluding hydrogens is 268 g/mol. The number of rotatable bonds is 4. The minimum absolute atomic E-state index is 0.0385. The summed E-state index contributed by atoms with van der Waals surface area (Å²) in [6, 6.07) is 6.96. The quantitative estimate of drug-likeness (QED) is 0.906. The van der Waals surface area contributed by atoms with Gasteiger partial charge in [-0.25, -0.2) is 0 Å². The van der Waals surface area contributed by atoms with Crippen LogP contribution in [0.25, 0.3) is 0 Å². The molecule has 0 aliphatic rings. The van der Waals surface area contributed by atoms with Crippen molar-refractivity contribution in [2.24, 2.45) is 0 Å². The van der Waals surface area contributed by atoms with Gasteiger partial charge in [0, 0.05) is 11.8 Å². The largest absolute Gasteiger partial charge is 0.506 e. The van der Waals surface area contributed by atoms with Crippen molar-refractivity contribution in [3.63, 3.8) is 0 Å². The zero-order chi connectivity index (χ0) is 15.4. The second-order valence-electron chi connectivity index (χ2n) is 4.87. The van der Waals surface area contributed by atoms with Gasteiger partial charge in [-0.2, -0.15) is 0 Å². The summed E-state index contributed by atoms with van der Waals surface area (Å²) < 4.78 is 5.32. The van der Waals surface area contributed by atoms with Crippen LogP contribution in [0.3, 0.4) is 0 Å². The number of methoxy groups -OCH3 is 1. The molecule has 2 N–H and O–H groups in total. The zero-order valence-electron chi connectivity index (χ0n) is 12.3. The van der Waals surface area contributed by atoms with E-state index in [2.05, 4.69) is 10.3 Å². The van der Waals surface area contributed by atoms with Crippen molar-refractivity contribution in [2.45, 2.75) is 19.9 Å². The predicted molar refractivity (Wildman–Crippen MR) is 79.5 cm³/mol. The normalized spacial score (nSPS) is 11.8. The Labute approximate surface area is 123 Å². The first-order valence-corrected chi connectivity index (χ1v) is 6.60. The first-order chi connectivity index (χ1) is 10.0. The number of nitrogens with one attached hydrogen (secondary N) is 1. The molecule has 5 nitrogen and oxygen atoms in total. The van der Waals surface area contributed by atoms with Crippen LogP contribution in [0, 0.1) is 6.92 Å². The van der Waals surface area contributed by atoms with E-state index in [9.17, 15) is 9.90 Å². The van der Waals surface area contributed by atoms with Gasteiger partial charge in [-0.1, -0.05) is 17.7 Å². The fourth-order valence-electron chi connectivity index (χ4n) is 2.10. The fraction of sp³-hybridized carbons (Fsp3) is 0.250. The number of pyridine rings is 1. The maximum atomic E-state index is 12.2. The molecule has 0 radical (unpaired) electrons. The van der Waals surface area contributed by atoms with Crippen LogP contribution < -0.4 is 10.1 Å². The Hall–Kier alpha value is -2.56. The van der Waals surface area contributed by atoms with Crippen molar-refractivity contribution in [1.82, 2.24) is 10.3 Å². The van der Waals surface area contributed by atoms with Crippen molar-refractivity contribution in [2.75, 3.05) is 7.11 Å². The molecule has 2 aromatic rings. The SMILES string of the molecule is COc1ccc(C)cc1C(C)NC(=O)c1cncc(O)c1. The highest BCUT2D eigenvalue weighted by Gasteiger charge is 2.15. The molecule has 1 amide bonds. The number of aryl methyl sites for hydroxylation is 1. The molecular formula is C16H18N2O3. The Balaban J connectivity index is 2.20. The number of benzene rings is 1. The summed E-state index contributed by atoms with van der Waals surface area (Å²) in [5.41, 5.74) is 2.30. The summed E-state index contributed by atoms with van der Waals surface area (Å²) in [4.78, 5) is 16.0. The number of nitrogens with zero attached hydrogens (tertiary/aromatic N) is 1. The van der Waals surface area contributed by atoms with E-state index in [-0.39, 0.29) is 17.7 Å². The van der Waals surface area contributed by atoms with Crippen LogP contribution in [0.4, 0.5) is 0 Å². The number of carbonyl (C=O) groups excluding carboxylic acids is 1. The van der Waals surface area contributed by atoms with E-state index in [1.165, 1.54) is 18.5 Å². The van der Waals surface area contributed by atoms with E-state index in [4.69, 9.17) is 4.74 Å². The van der Waals surface area contributed by atoms with Crippen LogP contribution in [0.15, 0.2) is 36.7 Å². The van der Waals surface area contributed by atoms with Crippen molar-refractivity contribution < 1.29 is 14.6 Å². The summed E-state index contributed by atoms with van der Waals surface area (Å²) in [5, 5.41) is 12.2. The van der Waals surface area contributed by atoms with Crippen molar-refractivity contribution in [1.29, 1.82) is 0 Å². The van der Waals surface area contributed by atoms with Crippen molar-refractivity contribution in [3.05, 3.63) is 53.3 Å². The lowest BCUT2D eigenvalue weighted by atomic mass is 10.0. The highest BCUT2D eigenvalue weighted by atomic mass is 16.5. The van der Waals surface area contributed by atoms with Gasteiger partial charge >= 0.3 is 0 Å². The van der Waals surface area contributed by atoms with E-state index in [0.29, 0.717) is 5.56 Å². The molecule has 0 aliphatic carbocycles. The molecule has 2 rings (SSSR count). The van der Waals surface area contributed by atoms with Gasteiger partial charge in [0.05, 0.1) is 24.9 Å². The molecule has 1 atom stereocenters. The predicted octanol–water partition coefficient (Wildman–Crippen LogP) is 2.60. The summed E-state index contributed by atoms with van der Waals surface area (Å²) in [6.07, 6.45) is 2.69. The summed E-state index contributed by atoms with van der Waals surface area (Å²) in [7, 11) is 1.60. The topological polar surface area (TPSA) is 71.5 Å². The van der Waals surface area contributed by atoms with Crippen LogP contribution in [0.2, 0.25) is 0 Å². The summed E-state index contributed by atoms with van der Waals surface area (Å²) in [5.74, 6) is 0.389. The molecule has 1 aromatic heterocycles. The zero-order valence-corrected chi connectivity index (χ0v) is 12.3. The highest BCUT2D eigenvalue weighted by molar-refractivity contribution is 5.94. The van der Waals surface area contributed by atoms with Crippen LogP contribution in [0.1, 0.15) is 34.5 Å². The lowest BCUT2D eigenvalue weighted by Gasteiger charge is -2.18. The van der Waals surface area contributed by atoms with E-state index >= 15 is 0 Å². The van der Waals surface area contributed by atoms with Gasteiger partial charge < -0.3 is 15.2 Å². The molecule has 0 saturated heterocycles. The number of hydrogen-bond acceptors (Lipinski definition) is 4. The van der Waals surface area contributed by atoms with E-state index < -0.39 is 0 Å². The van der Waals surface area contributed by atoms with Gasteiger partial charge in [-0.3, -0.25) is 9.78 Å². The van der Waals surface area contributed by atoms with Crippen LogP contribution in [0.5, 0.6) is 11.5 Å². The molecule has 110 valence electrons. The number of carbonyl (C=O) groups is 1. The molecule has 5 heteroatoms. The molecule has 1 unspecified atom stereocenters. The number of hydrogen-bond donors (Lipinski definition) is 2. The molecule has 0 aliphatic heterocycles. The Kier molecular flexibility index (Phi) is 4.42. The second kappa shape index (κ2) is 6.26. The first-order valence-electron chi connectivity index (χ1n) is 6.60. The van der Waals surface area contributed by atoms with Crippen molar-refractivity contribution in [3.8, 4) is 11.5 Å². The lowest BCUT2D eigenvalue weighted by molar-refractivity contribution is 0.0938. The average Bonchev–Trinajstić information content (AvgIpc) is 2.47. The molecule has 1 heterocycles. The van der Waals surface area contributed by atoms with Gasteiger partial charge in [0.1, 0.15) is 11.5 Å². The minimum Gasteiger partial charge on any atom is -0.506 e. The third-order valence-electron chi connectivity index (χ3n) is 3.19. The number of ether oxygens (including phenoxy) is 1. The third kappa shape index (κ3) is 3.51. The minimum atomic E-state index is -0.297. The first kappa shape index (κ1) is 14.8. The Morgan fingerprint density at radius 2 is 2.10 bits per heavy atom. The van der Waals surface area contributed by atoms with E-state index in [0.717, 1.165) is 16.9 Å². The van der Waals surface area contributed by atoms with Crippen LogP contribution in [-0.4, -0.2) is 23.1 Å². The van der Waals surface area contributed by atoms with Gasteiger partial charge in [-0.05, 0) is 26.0 Å². The second-order valence-corrected chi connectivity index (χ2v) is 4.87. The van der Waals surface area contributed by atoms with Gasteiger partial charge in [-0.15, -0.1) is 0 Å². The van der Waals surface area contributed by atoms with Crippen molar-refractivity contribution >= 4 is 5.91 Å². The van der Waals surface area contributed by atoms with Gasteiger partial charge in [0.2, 0.25) is 0 Å². The maximum absolute atomic E-state index is 12.2. The standard InChI is InChI=1S/C16H18N2O3/c1-10-4-5-15(21-3)14(6-10)11(2)18-16(20)12-7-13(19)9-17-8-12/h4-9,11,19H,1-3H3,(H,18,20). The molecule has 0 fully saturated rings. The Bertz CT molecular complexity index is 656. The number of aromatic nitrogens is 1. The molecule has 0 bridgehead atoms. The molecule has 1 aromatic carbocycles. The number of amides is 1. The molecule has 0 saturated carbocycles. The molecule has 21 heavy (non-hydrogen) atoms. The van der Waals surface area contributed by atoms with E-state index in [1.807, 2.05) is 32.0 Å². The maximum Gasteiger partial charge on any atom is 0.253 e. The summed E-state index contributed by atoms with van der Waals surface area (Å²) >= 11 is 0. The number of aromatic hydroxyl groups is 1. The Morgan fingerprint density at radius 3 is 2.76 bits per heavy atom. The lowest BCUT2D eigenvalue weighted by Crippen LogP contribution is -2.27. The molecule has 0 spiro atoms. The monoisotopic (exact) mass is 286 g/mol. The average molecular weight is 286 g/mol. The highest BCUT2D eigenvalue weighted by Crippen LogP contribution is 2.26. The smallest absolute Gasteiger partial charge is 0.253 e. The third-order valence-corrected chi connectivity index (χ3v) is 3.19. The Morgan fingerprint density at radius 1 is 1.33 bits per heavy atom. The van der Waals surface area contributed by atoms with Crippen LogP contribution >= 0.6 is 0 Å².